The number of halogens is 3. The second-order valence-corrected chi connectivity index (χ2v) is 8.81. The first-order valence-corrected chi connectivity index (χ1v) is 11.2. The molecule has 2 aromatic rings. The number of aryl methyl sites for hydroxylation is 1. The van der Waals surface area contributed by atoms with E-state index in [-0.39, 0.29) is 30.3 Å². The van der Waals surface area contributed by atoms with Crippen molar-refractivity contribution in [3.63, 3.8) is 0 Å². The van der Waals surface area contributed by atoms with Crippen molar-refractivity contribution >= 4 is 24.2 Å². The Morgan fingerprint density at radius 1 is 1.06 bits per heavy atom. The number of benzene rings is 2. The van der Waals surface area contributed by atoms with Crippen molar-refractivity contribution in [2.24, 2.45) is 5.92 Å². The average Bonchev–Trinajstić information content (AvgIpc) is 3.60. The SMILES string of the molecule is Cc1cccc(CNC(=O)C2CCCN(N(C(=O)c3c(F)cccc3F)C3CC3)C2)c1C.Cl. The zero-order valence-electron chi connectivity index (χ0n) is 18.9. The predicted octanol–water partition coefficient (Wildman–Crippen LogP) is 4.55. The highest BCUT2D eigenvalue weighted by molar-refractivity contribution is 5.95. The molecule has 0 spiro atoms. The molecule has 2 fully saturated rings. The van der Waals surface area contributed by atoms with Crippen LogP contribution in [0.3, 0.4) is 0 Å². The molecule has 1 aliphatic heterocycles. The molecule has 2 amide bonds. The zero-order chi connectivity index (χ0) is 22.8. The average molecular weight is 478 g/mol. The van der Waals surface area contributed by atoms with Crippen LogP contribution in [0.15, 0.2) is 36.4 Å². The fourth-order valence-electron chi connectivity index (χ4n) is 4.36. The molecule has 0 bridgehead atoms. The Kier molecular flexibility index (Phi) is 8.08. The molecule has 1 heterocycles. The smallest absolute Gasteiger partial charge is 0.274 e. The number of amides is 2. The van der Waals surface area contributed by atoms with Crippen LogP contribution in [0, 0.1) is 31.4 Å². The number of hydrogen-bond acceptors (Lipinski definition) is 3. The lowest BCUT2D eigenvalue weighted by Gasteiger charge is -2.40. The molecule has 0 aromatic heterocycles. The van der Waals surface area contributed by atoms with Crippen LogP contribution in [0.5, 0.6) is 0 Å². The molecule has 2 aliphatic rings. The van der Waals surface area contributed by atoms with Crippen molar-refractivity contribution < 1.29 is 18.4 Å². The van der Waals surface area contributed by atoms with Crippen LogP contribution in [-0.2, 0) is 11.3 Å². The minimum Gasteiger partial charge on any atom is -0.352 e. The fourth-order valence-corrected chi connectivity index (χ4v) is 4.36. The van der Waals surface area contributed by atoms with Crippen LogP contribution < -0.4 is 5.32 Å². The van der Waals surface area contributed by atoms with Crippen molar-refractivity contribution in [3.8, 4) is 0 Å². The number of piperidine rings is 1. The van der Waals surface area contributed by atoms with Gasteiger partial charge in [-0.15, -0.1) is 12.4 Å². The monoisotopic (exact) mass is 477 g/mol. The van der Waals surface area contributed by atoms with Crippen LogP contribution in [0.2, 0.25) is 0 Å². The molecular formula is C25H30ClF2N3O2. The maximum Gasteiger partial charge on any atom is 0.274 e. The molecule has 1 aliphatic carbocycles. The van der Waals surface area contributed by atoms with Gasteiger partial charge in [0.1, 0.15) is 17.2 Å². The summed E-state index contributed by atoms with van der Waals surface area (Å²) in [6.07, 6.45) is 3.04. The first kappa shape index (κ1) is 25.1. The minimum atomic E-state index is -0.861. The Balaban J connectivity index is 0.00000306. The van der Waals surface area contributed by atoms with E-state index in [1.807, 2.05) is 37.1 Å². The van der Waals surface area contributed by atoms with Gasteiger partial charge in [-0.05, 0) is 68.4 Å². The molecule has 5 nitrogen and oxygen atoms in total. The van der Waals surface area contributed by atoms with Crippen molar-refractivity contribution in [2.45, 2.75) is 52.1 Å². The number of carbonyl (C=O) groups is 2. The van der Waals surface area contributed by atoms with E-state index < -0.39 is 23.1 Å². The number of nitrogens with zero attached hydrogens (tertiary/aromatic N) is 2. The fraction of sp³-hybridized carbons (Fsp3) is 0.440. The maximum absolute atomic E-state index is 14.3. The lowest BCUT2D eigenvalue weighted by Crippen LogP contribution is -2.54. The summed E-state index contributed by atoms with van der Waals surface area (Å²) in [7, 11) is 0. The second-order valence-electron chi connectivity index (χ2n) is 8.81. The lowest BCUT2D eigenvalue weighted by molar-refractivity contribution is -0.130. The summed E-state index contributed by atoms with van der Waals surface area (Å²) in [5.74, 6) is -2.73. The highest BCUT2D eigenvalue weighted by Gasteiger charge is 2.41. The summed E-state index contributed by atoms with van der Waals surface area (Å²) < 4.78 is 28.5. The molecule has 8 heteroatoms. The standard InChI is InChI=1S/C25H29F2N3O2.ClH/c1-16-6-3-7-18(17(16)2)14-28-24(31)19-8-5-13-29(15-19)30(20-11-12-20)25(32)23-21(26)9-4-10-22(23)27;/h3-4,6-7,9-10,19-20H,5,8,11-15H2,1-2H3,(H,28,31);1H. The third-order valence-electron chi connectivity index (χ3n) is 6.52. The van der Waals surface area contributed by atoms with E-state index in [1.54, 1.807) is 0 Å². The van der Waals surface area contributed by atoms with E-state index in [9.17, 15) is 18.4 Å². The highest BCUT2D eigenvalue weighted by Crippen LogP contribution is 2.33. The summed E-state index contributed by atoms with van der Waals surface area (Å²) >= 11 is 0. The molecule has 1 N–H and O–H groups in total. The van der Waals surface area contributed by atoms with E-state index in [4.69, 9.17) is 0 Å². The predicted molar refractivity (Wildman–Crippen MR) is 125 cm³/mol. The van der Waals surface area contributed by atoms with Crippen LogP contribution >= 0.6 is 12.4 Å². The van der Waals surface area contributed by atoms with Gasteiger partial charge in [-0.25, -0.2) is 13.8 Å². The largest absolute Gasteiger partial charge is 0.352 e. The van der Waals surface area contributed by atoms with E-state index in [2.05, 4.69) is 5.32 Å². The summed E-state index contributed by atoms with van der Waals surface area (Å²) in [4.78, 5) is 26.0. The topological polar surface area (TPSA) is 52.7 Å². The number of nitrogens with one attached hydrogen (secondary N) is 1. The summed E-state index contributed by atoms with van der Waals surface area (Å²) in [6, 6.07) is 9.40. The molecule has 178 valence electrons. The molecule has 4 rings (SSSR count). The normalized spacial score (nSPS) is 18.4. The van der Waals surface area contributed by atoms with Gasteiger partial charge in [0.25, 0.3) is 5.91 Å². The number of hydrazine groups is 1. The Morgan fingerprint density at radius 2 is 1.73 bits per heavy atom. The van der Waals surface area contributed by atoms with E-state index >= 15 is 0 Å². The third-order valence-corrected chi connectivity index (χ3v) is 6.52. The first-order valence-electron chi connectivity index (χ1n) is 11.2. The van der Waals surface area contributed by atoms with E-state index in [0.717, 1.165) is 48.9 Å². The van der Waals surface area contributed by atoms with Crippen molar-refractivity contribution in [1.82, 2.24) is 15.3 Å². The number of hydrogen-bond donors (Lipinski definition) is 1. The van der Waals surface area contributed by atoms with Crippen molar-refractivity contribution in [1.29, 1.82) is 0 Å². The highest BCUT2D eigenvalue weighted by atomic mass is 35.5. The van der Waals surface area contributed by atoms with Gasteiger partial charge in [0.05, 0.1) is 5.92 Å². The van der Waals surface area contributed by atoms with Gasteiger partial charge in [-0.1, -0.05) is 24.3 Å². The van der Waals surface area contributed by atoms with Crippen molar-refractivity contribution in [2.75, 3.05) is 13.1 Å². The molecule has 1 unspecified atom stereocenters. The van der Waals surface area contributed by atoms with Gasteiger partial charge < -0.3 is 5.32 Å². The zero-order valence-corrected chi connectivity index (χ0v) is 19.8. The Morgan fingerprint density at radius 3 is 2.39 bits per heavy atom. The van der Waals surface area contributed by atoms with Crippen LogP contribution in [0.1, 0.15) is 52.7 Å². The minimum absolute atomic E-state index is 0. The van der Waals surface area contributed by atoms with Gasteiger partial charge in [-0.3, -0.25) is 14.6 Å². The molecule has 33 heavy (non-hydrogen) atoms. The molecular weight excluding hydrogens is 448 g/mol. The first-order chi connectivity index (χ1) is 15.4. The van der Waals surface area contributed by atoms with Gasteiger partial charge in [-0.2, -0.15) is 0 Å². The van der Waals surface area contributed by atoms with E-state index in [0.29, 0.717) is 19.6 Å². The number of rotatable bonds is 6. The molecule has 1 saturated heterocycles. The summed E-state index contributed by atoms with van der Waals surface area (Å²) in [6.45, 7) is 5.48. The third kappa shape index (κ3) is 5.53. The van der Waals surface area contributed by atoms with Crippen molar-refractivity contribution in [3.05, 3.63) is 70.3 Å². The van der Waals surface area contributed by atoms with Gasteiger partial charge in [0.15, 0.2) is 0 Å². The van der Waals surface area contributed by atoms with Crippen LogP contribution in [0.25, 0.3) is 0 Å². The number of carbonyl (C=O) groups excluding carboxylic acids is 2. The van der Waals surface area contributed by atoms with Gasteiger partial charge in [0.2, 0.25) is 5.91 Å². The molecule has 1 atom stereocenters. The van der Waals surface area contributed by atoms with Crippen LogP contribution in [-0.4, -0.2) is 41.0 Å². The summed E-state index contributed by atoms with van der Waals surface area (Å²) in [5, 5.41) is 6.34. The Labute approximate surface area is 199 Å². The second kappa shape index (κ2) is 10.6. The van der Waals surface area contributed by atoms with Gasteiger partial charge in [0, 0.05) is 25.7 Å². The maximum atomic E-state index is 14.3. The molecule has 0 radical (unpaired) electrons. The lowest BCUT2D eigenvalue weighted by atomic mass is 9.97. The Bertz CT molecular complexity index is 1010. The Hall–Kier alpha value is -2.51. The molecule has 2 aromatic carbocycles. The van der Waals surface area contributed by atoms with E-state index in [1.165, 1.54) is 16.6 Å². The quantitative estimate of drug-likeness (QED) is 0.664. The summed E-state index contributed by atoms with van der Waals surface area (Å²) in [5.41, 5.74) is 2.90. The van der Waals surface area contributed by atoms with Gasteiger partial charge >= 0.3 is 0 Å². The molecule has 1 saturated carbocycles. The van der Waals surface area contributed by atoms with Crippen LogP contribution in [0.4, 0.5) is 8.78 Å².